The summed E-state index contributed by atoms with van der Waals surface area (Å²) in [7, 11) is 0. The second-order valence-electron chi connectivity index (χ2n) is 8.78. The lowest BCUT2D eigenvalue weighted by Crippen LogP contribution is -2.51. The minimum absolute atomic E-state index is 0.169. The maximum absolute atomic E-state index is 12.7. The Hall–Kier alpha value is -3.33. The van der Waals surface area contributed by atoms with E-state index >= 15 is 0 Å². The Balaban J connectivity index is 1.23. The molecule has 8 nitrogen and oxygen atoms in total. The van der Waals surface area contributed by atoms with Crippen molar-refractivity contribution in [2.45, 2.75) is 19.1 Å². The highest BCUT2D eigenvalue weighted by atomic mass is 16.5. The van der Waals surface area contributed by atoms with Crippen LogP contribution in [0.15, 0.2) is 66.4 Å². The third kappa shape index (κ3) is 5.09. The van der Waals surface area contributed by atoms with E-state index in [1.807, 2.05) is 48.7 Å². The van der Waals surface area contributed by atoms with Crippen LogP contribution in [0.5, 0.6) is 5.75 Å². The van der Waals surface area contributed by atoms with Crippen LogP contribution in [0.2, 0.25) is 0 Å². The first-order valence-electron chi connectivity index (χ1n) is 11.9. The monoisotopic (exact) mass is 460 g/mol. The van der Waals surface area contributed by atoms with Crippen molar-refractivity contribution in [1.82, 2.24) is 20.9 Å². The lowest BCUT2D eigenvalue weighted by atomic mass is 10.1. The largest absolute Gasteiger partial charge is 0.494 e. The Morgan fingerprint density at radius 2 is 1.88 bits per heavy atom. The molecule has 34 heavy (non-hydrogen) atoms. The molecular weight excluding hydrogens is 428 g/mol. The number of amides is 2. The maximum atomic E-state index is 12.7. The number of nitrogens with two attached hydrogens (primary N) is 1. The van der Waals surface area contributed by atoms with E-state index in [0.29, 0.717) is 13.2 Å². The summed E-state index contributed by atoms with van der Waals surface area (Å²) >= 11 is 0. The summed E-state index contributed by atoms with van der Waals surface area (Å²) in [6.45, 7) is 6.60. The summed E-state index contributed by atoms with van der Waals surface area (Å²) in [6, 6.07) is 15.6. The van der Waals surface area contributed by atoms with Gasteiger partial charge in [0.15, 0.2) is 0 Å². The average Bonchev–Trinajstić information content (AvgIpc) is 3.30. The minimum Gasteiger partial charge on any atom is -0.494 e. The highest BCUT2D eigenvalue weighted by Crippen LogP contribution is 2.29. The number of hydrogen-bond donors (Lipinski definition) is 4. The smallest absolute Gasteiger partial charge is 0.327 e. The van der Waals surface area contributed by atoms with Gasteiger partial charge in [0.25, 0.3) is 0 Å². The highest BCUT2D eigenvalue weighted by molar-refractivity contribution is 5.96. The van der Waals surface area contributed by atoms with E-state index < -0.39 is 0 Å². The van der Waals surface area contributed by atoms with Crippen LogP contribution in [-0.2, 0) is 6.54 Å². The third-order valence-corrected chi connectivity index (χ3v) is 6.40. The Bertz CT molecular complexity index is 1070. The van der Waals surface area contributed by atoms with Gasteiger partial charge in [-0.1, -0.05) is 24.3 Å². The van der Waals surface area contributed by atoms with Crippen LogP contribution >= 0.6 is 0 Å². The molecule has 5 rings (SSSR count). The van der Waals surface area contributed by atoms with E-state index in [1.54, 1.807) is 4.90 Å². The van der Waals surface area contributed by atoms with E-state index in [1.165, 1.54) is 0 Å². The van der Waals surface area contributed by atoms with E-state index in [-0.39, 0.29) is 12.2 Å². The molecule has 0 spiro atoms. The molecule has 8 heteroatoms. The van der Waals surface area contributed by atoms with Gasteiger partial charge >= 0.3 is 6.03 Å². The third-order valence-electron chi connectivity index (χ3n) is 6.40. The molecule has 2 aromatic carbocycles. The van der Waals surface area contributed by atoms with Crippen molar-refractivity contribution in [3.8, 4) is 5.75 Å². The van der Waals surface area contributed by atoms with Crippen LogP contribution in [0.25, 0.3) is 5.70 Å². The molecule has 0 radical (unpaired) electrons. The number of anilines is 1. The van der Waals surface area contributed by atoms with Crippen LogP contribution in [-0.4, -0.2) is 56.4 Å². The molecule has 1 atom stereocenters. The topological polar surface area (TPSA) is 94.9 Å². The predicted molar refractivity (Wildman–Crippen MR) is 134 cm³/mol. The number of piperazine rings is 1. The van der Waals surface area contributed by atoms with Crippen molar-refractivity contribution >= 4 is 17.4 Å². The Kier molecular flexibility index (Phi) is 6.80. The zero-order valence-electron chi connectivity index (χ0n) is 19.3. The molecular formula is C26H32N6O2. The number of rotatable bonds is 8. The Morgan fingerprint density at radius 1 is 1.06 bits per heavy atom. The normalized spacial score (nSPS) is 20.2. The van der Waals surface area contributed by atoms with Crippen molar-refractivity contribution in [1.29, 1.82) is 0 Å². The second kappa shape index (κ2) is 10.3. The molecule has 5 N–H and O–H groups in total. The van der Waals surface area contributed by atoms with Gasteiger partial charge in [-0.2, -0.15) is 0 Å². The Labute approximate surface area is 200 Å². The van der Waals surface area contributed by atoms with E-state index in [2.05, 4.69) is 33.0 Å². The van der Waals surface area contributed by atoms with Gasteiger partial charge in [-0.15, -0.1) is 0 Å². The number of carbonyl (C=O) groups is 1. The quantitative estimate of drug-likeness (QED) is 0.451. The zero-order chi connectivity index (χ0) is 23.3. The van der Waals surface area contributed by atoms with Gasteiger partial charge in [0, 0.05) is 62.3 Å². The first kappa shape index (κ1) is 22.5. The minimum atomic E-state index is -0.245. The summed E-state index contributed by atoms with van der Waals surface area (Å²) < 4.78 is 6.03. The molecule has 0 saturated carbocycles. The number of nitrogens with one attached hydrogen (secondary N) is 3. The van der Waals surface area contributed by atoms with Gasteiger partial charge in [0.1, 0.15) is 11.9 Å². The van der Waals surface area contributed by atoms with Crippen LogP contribution in [0.4, 0.5) is 10.5 Å². The molecule has 0 aliphatic carbocycles. The average molecular weight is 461 g/mol. The van der Waals surface area contributed by atoms with Crippen LogP contribution < -0.4 is 31.3 Å². The lowest BCUT2D eigenvalue weighted by molar-refractivity contribution is 0.214. The van der Waals surface area contributed by atoms with Crippen LogP contribution in [0.1, 0.15) is 17.5 Å². The van der Waals surface area contributed by atoms with E-state index in [9.17, 15) is 4.79 Å². The molecule has 3 aliphatic heterocycles. The summed E-state index contributed by atoms with van der Waals surface area (Å²) in [4.78, 5) is 16.8. The summed E-state index contributed by atoms with van der Waals surface area (Å²) in [5.74, 6) is 0.856. The number of hydrogen-bond acceptors (Lipinski definition) is 6. The SMILES string of the molecule is NCc1ccc(N2C=C3C=C(c4cccc(OCCCN5CCNCC5)c4)NC3NC2=O)cc1. The van der Waals surface area contributed by atoms with Gasteiger partial charge in [-0.05, 0) is 42.3 Å². The first-order chi connectivity index (χ1) is 16.7. The van der Waals surface area contributed by atoms with Gasteiger partial charge in [-0.25, -0.2) is 4.79 Å². The fraction of sp³-hybridized carbons (Fsp3) is 0.346. The van der Waals surface area contributed by atoms with E-state index in [4.69, 9.17) is 10.5 Å². The van der Waals surface area contributed by atoms with Crippen molar-refractivity contribution in [2.24, 2.45) is 5.73 Å². The standard InChI is InChI=1S/C26H32N6O2/c27-17-19-5-7-22(8-6-19)32-18-21-16-24(29-25(21)30-26(32)33)20-3-1-4-23(15-20)34-14-2-11-31-12-9-28-10-13-31/h1,3-8,15-16,18,25,28-29H,2,9-14,17,27H2,(H,30,33). The molecule has 0 aromatic heterocycles. The second-order valence-corrected chi connectivity index (χ2v) is 8.78. The van der Waals surface area contributed by atoms with E-state index in [0.717, 1.165) is 73.0 Å². The van der Waals surface area contributed by atoms with Crippen molar-refractivity contribution < 1.29 is 9.53 Å². The van der Waals surface area contributed by atoms with Gasteiger partial charge in [-0.3, -0.25) is 4.90 Å². The number of nitrogens with zero attached hydrogens (tertiary/aromatic N) is 2. The zero-order valence-corrected chi connectivity index (χ0v) is 19.3. The van der Waals surface area contributed by atoms with Gasteiger partial charge in [0.2, 0.25) is 0 Å². The summed E-state index contributed by atoms with van der Waals surface area (Å²) in [5.41, 5.74) is 10.5. The molecule has 3 heterocycles. The van der Waals surface area contributed by atoms with Crippen molar-refractivity contribution in [2.75, 3.05) is 44.2 Å². The molecule has 3 aliphatic rings. The molecule has 178 valence electrons. The molecule has 2 aromatic rings. The Morgan fingerprint density at radius 3 is 2.68 bits per heavy atom. The van der Waals surface area contributed by atoms with Crippen molar-refractivity contribution in [3.63, 3.8) is 0 Å². The van der Waals surface area contributed by atoms with Gasteiger partial charge < -0.3 is 31.3 Å². The number of ether oxygens (including phenoxy) is 1. The van der Waals surface area contributed by atoms with Gasteiger partial charge in [0.05, 0.1) is 12.3 Å². The number of carbonyl (C=O) groups excluding carboxylic acids is 1. The fourth-order valence-corrected chi connectivity index (χ4v) is 4.48. The fourth-order valence-electron chi connectivity index (χ4n) is 4.48. The van der Waals surface area contributed by atoms with Crippen LogP contribution in [0.3, 0.4) is 0 Å². The van der Waals surface area contributed by atoms with Crippen LogP contribution in [0, 0.1) is 0 Å². The molecule has 0 bridgehead atoms. The number of urea groups is 1. The first-order valence-corrected chi connectivity index (χ1v) is 11.9. The lowest BCUT2D eigenvalue weighted by Gasteiger charge is -2.29. The van der Waals surface area contributed by atoms with Crippen molar-refractivity contribution in [3.05, 3.63) is 77.5 Å². The summed E-state index contributed by atoms with van der Waals surface area (Å²) in [5, 5.41) is 9.83. The maximum Gasteiger partial charge on any atom is 0.327 e. The number of fused-ring (bicyclic) bond motifs is 1. The highest BCUT2D eigenvalue weighted by Gasteiger charge is 2.31. The molecule has 1 saturated heterocycles. The molecule has 1 unspecified atom stereocenters. The molecule has 2 amide bonds. The molecule has 1 fully saturated rings. The predicted octanol–water partition coefficient (Wildman–Crippen LogP) is 2.20. The number of benzene rings is 2. The summed E-state index contributed by atoms with van der Waals surface area (Å²) in [6.07, 6.45) is 4.73.